The quantitative estimate of drug-likeness (QED) is 0.702. The molecule has 0 saturated carbocycles. The Labute approximate surface area is 144 Å². The predicted molar refractivity (Wildman–Crippen MR) is 97.5 cm³/mol. The van der Waals surface area contributed by atoms with Crippen LogP contribution in [0.4, 0.5) is 4.39 Å². The summed E-state index contributed by atoms with van der Waals surface area (Å²) in [5.74, 6) is 0.452. The lowest BCUT2D eigenvalue weighted by atomic mass is 10.1. The second-order valence-electron chi connectivity index (χ2n) is 6.05. The molecule has 0 aliphatic heterocycles. The topological polar surface area (TPSA) is 17.4 Å². The Kier molecular flexibility index (Phi) is 7.86. The van der Waals surface area contributed by atoms with Gasteiger partial charge in [0.05, 0.1) is 12.1 Å². The number of nitrogens with zero attached hydrogens (tertiary/aromatic N) is 2. The average Bonchev–Trinajstić information content (AvgIpc) is 2.81. The average molecular weight is 343 g/mol. The third-order valence-electron chi connectivity index (χ3n) is 3.74. The van der Waals surface area contributed by atoms with Crippen LogP contribution < -0.4 is 4.74 Å². The summed E-state index contributed by atoms with van der Waals surface area (Å²) in [7, 11) is 4.14. The maximum atomic E-state index is 14.0. The van der Waals surface area contributed by atoms with Crippen molar-refractivity contribution in [2.75, 3.05) is 27.2 Å². The first kappa shape index (κ1) is 19.8. The number of hydrogen-bond acceptors (Lipinski definition) is 2. The molecule has 0 radical (unpaired) electrons. The van der Waals surface area contributed by atoms with Crippen molar-refractivity contribution in [2.45, 2.75) is 39.7 Å². The second kappa shape index (κ2) is 9.14. The van der Waals surface area contributed by atoms with E-state index in [-0.39, 0.29) is 18.2 Å². The summed E-state index contributed by atoms with van der Waals surface area (Å²) in [5.41, 5.74) is 2.19. The van der Waals surface area contributed by atoms with E-state index in [2.05, 4.69) is 43.6 Å². The molecule has 0 fully saturated rings. The van der Waals surface area contributed by atoms with Gasteiger partial charge in [-0.2, -0.15) is 0 Å². The van der Waals surface area contributed by atoms with Crippen molar-refractivity contribution in [1.82, 2.24) is 9.47 Å². The molecule has 0 N–H and O–H groups in total. The van der Waals surface area contributed by atoms with Gasteiger partial charge in [-0.15, -0.1) is 12.4 Å². The lowest BCUT2D eigenvalue weighted by Crippen LogP contribution is -2.15. The van der Waals surface area contributed by atoms with E-state index in [0.29, 0.717) is 12.4 Å². The van der Waals surface area contributed by atoms with Crippen LogP contribution in [0.25, 0.3) is 10.9 Å². The smallest absolute Gasteiger partial charge is 0.131 e. The third kappa shape index (κ3) is 4.85. The molecular weight excluding hydrogens is 315 g/mol. The zero-order valence-corrected chi connectivity index (χ0v) is 15.4. The van der Waals surface area contributed by atoms with Crippen LogP contribution in [-0.4, -0.2) is 36.7 Å². The lowest BCUT2D eigenvalue weighted by Gasteiger charge is -2.11. The molecule has 1 aromatic heterocycles. The minimum Gasteiger partial charge on any atom is -0.493 e. The predicted octanol–water partition coefficient (Wildman–Crippen LogP) is 4.51. The first-order chi connectivity index (χ1) is 10.6. The lowest BCUT2D eigenvalue weighted by molar-refractivity contribution is 0.319. The molecule has 1 aromatic carbocycles. The van der Waals surface area contributed by atoms with Gasteiger partial charge in [-0.25, -0.2) is 4.39 Å². The van der Waals surface area contributed by atoms with Gasteiger partial charge in [0.25, 0.3) is 0 Å². The standard InChI is InChI=1S/C18H27FN2O.ClH/c1-5-8-21-13-14(7-9-20(3)4)18-16(21)11-15(19)12-17(18)22-10-6-2;/h11-13H,5-10H2,1-4H3;1H. The summed E-state index contributed by atoms with van der Waals surface area (Å²) < 4.78 is 21.9. The van der Waals surface area contributed by atoms with E-state index < -0.39 is 0 Å². The van der Waals surface area contributed by atoms with Crippen LogP contribution in [-0.2, 0) is 13.0 Å². The Morgan fingerprint density at radius 2 is 1.91 bits per heavy atom. The fourth-order valence-electron chi connectivity index (χ4n) is 2.72. The van der Waals surface area contributed by atoms with Crippen LogP contribution in [0.2, 0.25) is 0 Å². The fraction of sp³-hybridized carbons (Fsp3) is 0.556. The summed E-state index contributed by atoms with van der Waals surface area (Å²) in [5, 5.41) is 1.07. The molecule has 5 heteroatoms. The van der Waals surface area contributed by atoms with Crippen molar-refractivity contribution in [1.29, 1.82) is 0 Å². The summed E-state index contributed by atoms with van der Waals surface area (Å²) in [6, 6.07) is 3.15. The number of likely N-dealkylation sites (N-methyl/N-ethyl adjacent to an activating group) is 1. The molecule has 0 saturated heterocycles. The molecule has 0 atom stereocenters. The molecule has 0 spiro atoms. The second-order valence-corrected chi connectivity index (χ2v) is 6.05. The zero-order chi connectivity index (χ0) is 16.1. The van der Waals surface area contributed by atoms with Crippen LogP contribution in [0.15, 0.2) is 18.3 Å². The Balaban J connectivity index is 0.00000264. The fourth-order valence-corrected chi connectivity index (χ4v) is 2.72. The van der Waals surface area contributed by atoms with E-state index in [1.165, 1.54) is 11.6 Å². The van der Waals surface area contributed by atoms with Crippen LogP contribution in [0, 0.1) is 5.82 Å². The minimum atomic E-state index is -0.229. The largest absolute Gasteiger partial charge is 0.493 e. The summed E-state index contributed by atoms with van der Waals surface area (Å²) in [6.45, 7) is 6.68. The van der Waals surface area contributed by atoms with E-state index in [4.69, 9.17) is 4.74 Å². The number of ether oxygens (including phenoxy) is 1. The molecular formula is C18H28ClFN2O. The number of fused-ring (bicyclic) bond motifs is 1. The van der Waals surface area contributed by atoms with Gasteiger partial charge in [-0.3, -0.25) is 0 Å². The first-order valence-corrected chi connectivity index (χ1v) is 8.15. The minimum absolute atomic E-state index is 0. The van der Waals surface area contributed by atoms with Gasteiger partial charge in [0.15, 0.2) is 0 Å². The van der Waals surface area contributed by atoms with Crippen molar-refractivity contribution >= 4 is 23.3 Å². The highest BCUT2D eigenvalue weighted by atomic mass is 35.5. The van der Waals surface area contributed by atoms with E-state index in [0.717, 1.165) is 43.3 Å². The Hall–Kier alpha value is -1.26. The summed E-state index contributed by atoms with van der Waals surface area (Å²) >= 11 is 0. The molecule has 3 nitrogen and oxygen atoms in total. The molecule has 130 valence electrons. The van der Waals surface area contributed by atoms with Gasteiger partial charge in [-0.1, -0.05) is 13.8 Å². The number of benzene rings is 1. The van der Waals surface area contributed by atoms with Crippen LogP contribution in [0.5, 0.6) is 5.75 Å². The third-order valence-corrected chi connectivity index (χ3v) is 3.74. The van der Waals surface area contributed by atoms with Crippen LogP contribution in [0.1, 0.15) is 32.3 Å². The summed E-state index contributed by atoms with van der Waals surface area (Å²) in [4.78, 5) is 2.17. The Morgan fingerprint density at radius 1 is 1.17 bits per heavy atom. The van der Waals surface area contributed by atoms with Crippen LogP contribution in [0.3, 0.4) is 0 Å². The van der Waals surface area contributed by atoms with E-state index in [1.807, 2.05) is 0 Å². The van der Waals surface area contributed by atoms with E-state index in [1.54, 1.807) is 6.07 Å². The number of halogens is 2. The SMILES string of the molecule is CCCOc1cc(F)cc2c1c(CCN(C)C)cn2CCC.Cl. The molecule has 0 bridgehead atoms. The molecule has 0 unspecified atom stereocenters. The molecule has 0 aliphatic rings. The maximum Gasteiger partial charge on any atom is 0.131 e. The van der Waals surface area contributed by atoms with Crippen molar-refractivity contribution in [3.8, 4) is 5.75 Å². The highest BCUT2D eigenvalue weighted by Gasteiger charge is 2.15. The zero-order valence-electron chi connectivity index (χ0n) is 14.6. The first-order valence-electron chi connectivity index (χ1n) is 8.15. The van der Waals surface area contributed by atoms with E-state index >= 15 is 0 Å². The summed E-state index contributed by atoms with van der Waals surface area (Å²) in [6.07, 6.45) is 5.05. The van der Waals surface area contributed by atoms with Crippen molar-refractivity contribution in [2.24, 2.45) is 0 Å². The van der Waals surface area contributed by atoms with Gasteiger partial charge in [-0.05, 0) is 45.0 Å². The van der Waals surface area contributed by atoms with Crippen molar-refractivity contribution < 1.29 is 9.13 Å². The Morgan fingerprint density at radius 3 is 2.52 bits per heavy atom. The van der Waals surface area contributed by atoms with Gasteiger partial charge in [0.1, 0.15) is 11.6 Å². The number of hydrogen-bond donors (Lipinski definition) is 0. The van der Waals surface area contributed by atoms with Crippen LogP contribution >= 0.6 is 12.4 Å². The molecule has 0 amide bonds. The maximum absolute atomic E-state index is 14.0. The van der Waals surface area contributed by atoms with Gasteiger partial charge in [0, 0.05) is 30.7 Å². The number of aromatic nitrogens is 1. The van der Waals surface area contributed by atoms with E-state index in [9.17, 15) is 4.39 Å². The van der Waals surface area contributed by atoms with Gasteiger partial charge >= 0.3 is 0 Å². The van der Waals surface area contributed by atoms with Gasteiger partial charge in [0.2, 0.25) is 0 Å². The van der Waals surface area contributed by atoms with Crippen molar-refractivity contribution in [3.05, 3.63) is 29.7 Å². The molecule has 0 aliphatic carbocycles. The monoisotopic (exact) mass is 342 g/mol. The molecule has 2 rings (SSSR count). The highest BCUT2D eigenvalue weighted by molar-refractivity contribution is 5.90. The molecule has 1 heterocycles. The molecule has 23 heavy (non-hydrogen) atoms. The van der Waals surface area contributed by atoms with Crippen molar-refractivity contribution in [3.63, 3.8) is 0 Å². The highest BCUT2D eigenvalue weighted by Crippen LogP contribution is 2.33. The molecule has 2 aromatic rings. The Bertz CT molecular complexity index is 625. The number of aryl methyl sites for hydroxylation is 1. The number of rotatable bonds is 8. The van der Waals surface area contributed by atoms with Gasteiger partial charge < -0.3 is 14.2 Å². The normalized spacial score (nSPS) is 11.0.